The maximum atomic E-state index is 12.8. The Bertz CT molecular complexity index is 449. The lowest BCUT2D eigenvalue weighted by atomic mass is 10.1. The zero-order valence-electron chi connectivity index (χ0n) is 9.05. The molecule has 0 radical (unpaired) electrons. The third kappa shape index (κ3) is 2.42. The molecule has 4 nitrogen and oxygen atoms in total. The fourth-order valence-corrected chi connectivity index (χ4v) is 1.99. The number of aromatic nitrogens is 2. The predicted octanol–water partition coefficient (Wildman–Crippen LogP) is 1.78. The highest BCUT2D eigenvalue weighted by atomic mass is 19.4. The van der Waals surface area contributed by atoms with Crippen LogP contribution in [0.2, 0.25) is 0 Å². The molecule has 1 aromatic heterocycles. The highest BCUT2D eigenvalue weighted by Gasteiger charge is 2.39. The largest absolute Gasteiger partial charge is 0.425 e. The summed E-state index contributed by atoms with van der Waals surface area (Å²) in [4.78, 5) is 18.5. The number of nitrogens with one attached hydrogen (secondary N) is 1. The van der Waals surface area contributed by atoms with Crippen molar-refractivity contribution in [1.29, 1.82) is 0 Å². The Labute approximate surface area is 95.5 Å². The number of piperidine rings is 1. The summed E-state index contributed by atoms with van der Waals surface area (Å²) in [6.07, 6.45) is -1.01. The Morgan fingerprint density at radius 2 is 1.88 bits per heavy atom. The van der Waals surface area contributed by atoms with Gasteiger partial charge >= 0.3 is 6.18 Å². The van der Waals surface area contributed by atoms with E-state index < -0.39 is 17.3 Å². The molecule has 7 heteroatoms. The third-order valence-electron chi connectivity index (χ3n) is 2.77. The van der Waals surface area contributed by atoms with Gasteiger partial charge in [-0.3, -0.25) is 4.79 Å². The summed E-state index contributed by atoms with van der Waals surface area (Å²) in [5, 5.41) is 0. The molecule has 94 valence electrons. The van der Waals surface area contributed by atoms with Gasteiger partial charge in [-0.2, -0.15) is 13.2 Å². The van der Waals surface area contributed by atoms with Gasteiger partial charge in [-0.15, -0.1) is 0 Å². The van der Waals surface area contributed by atoms with Gasteiger partial charge < -0.3 is 9.88 Å². The van der Waals surface area contributed by atoms with Gasteiger partial charge in [-0.1, -0.05) is 0 Å². The monoisotopic (exact) mass is 247 g/mol. The van der Waals surface area contributed by atoms with Gasteiger partial charge in [-0.05, 0) is 19.3 Å². The number of hydrogen-bond donors (Lipinski definition) is 1. The van der Waals surface area contributed by atoms with Gasteiger partial charge in [0.15, 0.2) is 5.56 Å². The van der Waals surface area contributed by atoms with Crippen molar-refractivity contribution in [2.45, 2.75) is 25.4 Å². The number of alkyl halides is 3. The van der Waals surface area contributed by atoms with Crippen LogP contribution in [0.4, 0.5) is 19.0 Å². The molecule has 0 spiro atoms. The van der Waals surface area contributed by atoms with E-state index in [1.54, 1.807) is 0 Å². The molecule has 1 fully saturated rings. The van der Waals surface area contributed by atoms with E-state index >= 15 is 0 Å². The van der Waals surface area contributed by atoms with Crippen LogP contribution in [-0.4, -0.2) is 23.1 Å². The molecule has 0 unspecified atom stereocenters. The topological polar surface area (TPSA) is 49.0 Å². The molecule has 0 bridgehead atoms. The molecule has 0 saturated carbocycles. The van der Waals surface area contributed by atoms with Gasteiger partial charge in [-0.25, -0.2) is 4.98 Å². The van der Waals surface area contributed by atoms with Crippen LogP contribution in [0, 0.1) is 0 Å². The summed E-state index contributed by atoms with van der Waals surface area (Å²) in [5.74, 6) is -0.249. The SMILES string of the molecule is O=c1[nH]cnc(N2CCCCC2)c1C(F)(F)F. The van der Waals surface area contributed by atoms with Crippen LogP contribution in [0.5, 0.6) is 0 Å². The molecule has 1 aromatic rings. The maximum Gasteiger partial charge on any atom is 0.425 e. The minimum atomic E-state index is -4.67. The van der Waals surface area contributed by atoms with Crippen LogP contribution in [0.1, 0.15) is 24.8 Å². The Hall–Kier alpha value is -1.53. The summed E-state index contributed by atoms with van der Waals surface area (Å²) in [6, 6.07) is 0. The van der Waals surface area contributed by atoms with Gasteiger partial charge in [0, 0.05) is 13.1 Å². The zero-order valence-corrected chi connectivity index (χ0v) is 9.05. The fraction of sp³-hybridized carbons (Fsp3) is 0.600. The van der Waals surface area contributed by atoms with E-state index in [4.69, 9.17) is 0 Å². The van der Waals surface area contributed by atoms with Gasteiger partial charge in [0.1, 0.15) is 5.82 Å². The number of rotatable bonds is 1. The summed E-state index contributed by atoms with van der Waals surface area (Å²) in [5.41, 5.74) is -2.32. The summed E-state index contributed by atoms with van der Waals surface area (Å²) >= 11 is 0. The van der Waals surface area contributed by atoms with Crippen LogP contribution in [0.3, 0.4) is 0 Å². The number of halogens is 3. The van der Waals surface area contributed by atoms with Crippen molar-refractivity contribution in [3.8, 4) is 0 Å². The molecule has 0 aromatic carbocycles. The van der Waals surface area contributed by atoms with Crippen LogP contribution < -0.4 is 10.5 Å². The first-order chi connectivity index (χ1) is 8.00. The maximum absolute atomic E-state index is 12.8. The minimum Gasteiger partial charge on any atom is -0.356 e. The Balaban J connectivity index is 2.46. The molecule has 2 rings (SSSR count). The molecular weight excluding hydrogens is 235 g/mol. The Morgan fingerprint density at radius 1 is 1.24 bits per heavy atom. The van der Waals surface area contributed by atoms with Gasteiger partial charge in [0.05, 0.1) is 6.33 Å². The standard InChI is InChI=1S/C10H12F3N3O/c11-10(12,13)7-8(14-6-15-9(7)17)16-4-2-1-3-5-16/h6H,1-5H2,(H,14,15,17). The highest BCUT2D eigenvalue weighted by molar-refractivity contribution is 5.47. The molecule has 2 heterocycles. The number of aromatic amines is 1. The number of hydrogen-bond acceptors (Lipinski definition) is 3. The van der Waals surface area contributed by atoms with Crippen LogP contribution in [-0.2, 0) is 6.18 Å². The van der Waals surface area contributed by atoms with Crippen LogP contribution in [0.25, 0.3) is 0 Å². The van der Waals surface area contributed by atoms with Crippen molar-refractivity contribution >= 4 is 5.82 Å². The van der Waals surface area contributed by atoms with E-state index in [1.165, 1.54) is 4.90 Å². The second-order valence-electron chi connectivity index (χ2n) is 3.98. The quantitative estimate of drug-likeness (QED) is 0.822. The molecule has 0 atom stereocenters. The van der Waals surface area contributed by atoms with Crippen molar-refractivity contribution in [1.82, 2.24) is 9.97 Å². The second-order valence-corrected chi connectivity index (χ2v) is 3.98. The second kappa shape index (κ2) is 4.38. The summed E-state index contributed by atoms with van der Waals surface area (Å²) in [6.45, 7) is 1.03. The smallest absolute Gasteiger partial charge is 0.356 e. The molecule has 1 saturated heterocycles. The normalized spacial score (nSPS) is 17.2. The average molecular weight is 247 g/mol. The van der Waals surface area contributed by atoms with Crippen molar-refractivity contribution < 1.29 is 13.2 Å². The Kier molecular flexibility index (Phi) is 3.08. The molecule has 1 aliphatic rings. The van der Waals surface area contributed by atoms with E-state index in [1.807, 2.05) is 4.98 Å². The minimum absolute atomic E-state index is 0.249. The summed E-state index contributed by atoms with van der Waals surface area (Å²) < 4.78 is 38.3. The number of anilines is 1. The molecule has 17 heavy (non-hydrogen) atoms. The highest BCUT2D eigenvalue weighted by Crippen LogP contribution is 2.33. The lowest BCUT2D eigenvalue weighted by Crippen LogP contribution is -2.35. The molecule has 0 aliphatic carbocycles. The first kappa shape index (κ1) is 11.9. The van der Waals surface area contributed by atoms with Crippen LogP contribution >= 0.6 is 0 Å². The lowest BCUT2D eigenvalue weighted by molar-refractivity contribution is -0.138. The predicted molar refractivity (Wildman–Crippen MR) is 55.9 cm³/mol. The van der Waals surface area contributed by atoms with Crippen molar-refractivity contribution in [3.05, 3.63) is 22.2 Å². The van der Waals surface area contributed by atoms with Gasteiger partial charge in [0.2, 0.25) is 0 Å². The van der Waals surface area contributed by atoms with Crippen molar-refractivity contribution in [2.24, 2.45) is 0 Å². The molecule has 0 amide bonds. The third-order valence-corrected chi connectivity index (χ3v) is 2.77. The number of nitrogens with zero attached hydrogens (tertiary/aromatic N) is 2. The van der Waals surface area contributed by atoms with E-state index in [2.05, 4.69) is 4.98 Å². The Morgan fingerprint density at radius 3 is 2.47 bits per heavy atom. The van der Waals surface area contributed by atoms with E-state index in [9.17, 15) is 18.0 Å². The molecule has 1 N–H and O–H groups in total. The van der Waals surface area contributed by atoms with E-state index in [-0.39, 0.29) is 5.82 Å². The summed E-state index contributed by atoms with van der Waals surface area (Å²) in [7, 11) is 0. The molecule has 1 aliphatic heterocycles. The van der Waals surface area contributed by atoms with Gasteiger partial charge in [0.25, 0.3) is 5.56 Å². The van der Waals surface area contributed by atoms with E-state index in [0.717, 1.165) is 25.6 Å². The number of H-pyrrole nitrogens is 1. The zero-order chi connectivity index (χ0) is 12.5. The van der Waals surface area contributed by atoms with Crippen LogP contribution in [0.15, 0.2) is 11.1 Å². The fourth-order valence-electron chi connectivity index (χ4n) is 1.99. The van der Waals surface area contributed by atoms with E-state index in [0.29, 0.717) is 13.1 Å². The molecular formula is C10H12F3N3O. The first-order valence-corrected chi connectivity index (χ1v) is 5.40. The van der Waals surface area contributed by atoms with Crippen molar-refractivity contribution in [2.75, 3.05) is 18.0 Å². The lowest BCUT2D eigenvalue weighted by Gasteiger charge is -2.29. The average Bonchev–Trinajstić information content (AvgIpc) is 2.28. The first-order valence-electron chi connectivity index (χ1n) is 5.40. The van der Waals surface area contributed by atoms with Crippen molar-refractivity contribution in [3.63, 3.8) is 0 Å².